The van der Waals surface area contributed by atoms with Crippen LogP contribution in [0.1, 0.15) is 22.9 Å². The molecule has 0 unspecified atom stereocenters. The first kappa shape index (κ1) is 19.8. The van der Waals surface area contributed by atoms with Crippen molar-refractivity contribution >= 4 is 11.7 Å². The van der Waals surface area contributed by atoms with Gasteiger partial charge in [-0.1, -0.05) is 30.3 Å². The Bertz CT molecular complexity index is 891. The molecule has 2 fully saturated rings. The number of carbonyl (C=O) groups is 1. The van der Waals surface area contributed by atoms with Crippen molar-refractivity contribution < 1.29 is 14.6 Å². The number of methoxy groups -OCH3 is 1. The molecule has 2 aromatic rings. The zero-order valence-electron chi connectivity index (χ0n) is 17.1. The first-order valence-corrected chi connectivity index (χ1v) is 10.0. The smallest absolute Gasteiger partial charge is 0.245 e. The molecule has 2 N–H and O–H groups in total. The second kappa shape index (κ2) is 7.72. The molecular weight excluding hydrogens is 368 g/mol. The van der Waals surface area contributed by atoms with Crippen molar-refractivity contribution in [1.82, 2.24) is 15.3 Å². The number of amides is 1. The maximum absolute atomic E-state index is 11.9. The number of aromatic nitrogens is 2. The number of aryl methyl sites for hydroxylation is 2. The highest BCUT2D eigenvalue weighted by molar-refractivity contribution is 5.77. The standard InChI is InChI=1S/C22H28N4O3/c1-14-9-23-15(2)21(25-14)26-11-18(27)22(13-26)17(10-24-19(28)12-29-3)20(22)16-7-5-4-6-8-16/h4-9,17-18,20,27H,10-13H2,1-3H3,(H,24,28)/t17-,18+,20-,22-/m1/s1. The fraction of sp³-hybridized carbons (Fsp3) is 0.500. The number of ether oxygens (including phenoxy) is 1. The van der Waals surface area contributed by atoms with Crippen LogP contribution < -0.4 is 10.2 Å². The van der Waals surface area contributed by atoms with E-state index in [0.29, 0.717) is 19.6 Å². The fourth-order valence-electron chi connectivity index (χ4n) is 4.99. The molecule has 2 heterocycles. The zero-order valence-corrected chi connectivity index (χ0v) is 17.1. The third-order valence-electron chi connectivity index (χ3n) is 6.34. The van der Waals surface area contributed by atoms with Gasteiger partial charge in [0.25, 0.3) is 0 Å². The molecule has 7 heteroatoms. The van der Waals surface area contributed by atoms with Crippen LogP contribution in [0.25, 0.3) is 0 Å². The van der Waals surface area contributed by atoms with Gasteiger partial charge in [0.2, 0.25) is 5.91 Å². The van der Waals surface area contributed by atoms with E-state index in [9.17, 15) is 9.90 Å². The SMILES string of the molecule is COCC(=O)NC[C@@H]1[C@@H](c2ccccc2)[C@]12CN(c1nc(C)cnc1C)C[C@@H]2O. The van der Waals surface area contributed by atoms with Crippen LogP contribution in [0.15, 0.2) is 36.5 Å². The van der Waals surface area contributed by atoms with Crippen molar-refractivity contribution in [1.29, 1.82) is 0 Å². The molecule has 1 aliphatic heterocycles. The second-order valence-corrected chi connectivity index (χ2v) is 8.16. The summed E-state index contributed by atoms with van der Waals surface area (Å²) in [7, 11) is 1.51. The molecule has 1 saturated heterocycles. The van der Waals surface area contributed by atoms with Crippen LogP contribution in [-0.2, 0) is 9.53 Å². The Morgan fingerprint density at radius 2 is 2.10 bits per heavy atom. The van der Waals surface area contributed by atoms with Crippen molar-refractivity contribution in [2.24, 2.45) is 11.3 Å². The predicted molar refractivity (Wildman–Crippen MR) is 110 cm³/mol. The number of carbonyl (C=O) groups excluding carboxylic acids is 1. The van der Waals surface area contributed by atoms with Gasteiger partial charge in [-0.3, -0.25) is 9.78 Å². The molecule has 0 bridgehead atoms. The molecule has 4 atom stereocenters. The maximum Gasteiger partial charge on any atom is 0.245 e. The van der Waals surface area contributed by atoms with Gasteiger partial charge in [-0.05, 0) is 31.2 Å². The molecule has 2 aliphatic rings. The average Bonchev–Trinajstić information content (AvgIpc) is 3.23. The van der Waals surface area contributed by atoms with E-state index in [1.54, 1.807) is 6.20 Å². The molecular formula is C22H28N4O3. The lowest BCUT2D eigenvalue weighted by molar-refractivity contribution is -0.124. The zero-order chi connectivity index (χ0) is 20.6. The van der Waals surface area contributed by atoms with Crippen molar-refractivity contribution in [2.45, 2.75) is 25.9 Å². The lowest BCUT2D eigenvalue weighted by Crippen LogP contribution is -2.32. The van der Waals surface area contributed by atoms with Crippen LogP contribution in [0, 0.1) is 25.2 Å². The van der Waals surface area contributed by atoms with Crippen LogP contribution >= 0.6 is 0 Å². The number of β-amino-alcohol motifs (C(OH)–C–C–N with tert-alkyl or cyclic N) is 1. The summed E-state index contributed by atoms with van der Waals surface area (Å²) < 4.78 is 4.92. The third kappa shape index (κ3) is 3.49. The second-order valence-electron chi connectivity index (χ2n) is 8.16. The Morgan fingerprint density at radius 1 is 1.34 bits per heavy atom. The number of benzene rings is 1. The van der Waals surface area contributed by atoms with Crippen LogP contribution in [-0.4, -0.2) is 60.4 Å². The number of nitrogens with one attached hydrogen (secondary N) is 1. The van der Waals surface area contributed by atoms with Gasteiger partial charge in [0, 0.05) is 38.4 Å². The maximum atomic E-state index is 11.9. The van der Waals surface area contributed by atoms with E-state index in [1.165, 1.54) is 12.7 Å². The molecule has 4 rings (SSSR count). The molecule has 1 spiro atoms. The summed E-state index contributed by atoms with van der Waals surface area (Å²) in [4.78, 5) is 23.2. The Hall–Kier alpha value is -2.51. The minimum Gasteiger partial charge on any atom is -0.391 e. The molecule has 1 aromatic carbocycles. The van der Waals surface area contributed by atoms with E-state index in [2.05, 4.69) is 32.3 Å². The summed E-state index contributed by atoms with van der Waals surface area (Å²) in [6.45, 7) is 5.65. The van der Waals surface area contributed by atoms with E-state index in [4.69, 9.17) is 4.74 Å². The lowest BCUT2D eigenvalue weighted by Gasteiger charge is -2.19. The van der Waals surface area contributed by atoms with Crippen molar-refractivity contribution in [3.63, 3.8) is 0 Å². The molecule has 1 aromatic heterocycles. The minimum absolute atomic E-state index is 0.0441. The first-order valence-electron chi connectivity index (χ1n) is 10.0. The number of aliphatic hydroxyl groups excluding tert-OH is 1. The van der Waals surface area contributed by atoms with Crippen LogP contribution in [0.5, 0.6) is 0 Å². The summed E-state index contributed by atoms with van der Waals surface area (Å²) in [6, 6.07) is 10.3. The summed E-state index contributed by atoms with van der Waals surface area (Å²) in [5.41, 5.74) is 2.62. The number of hydrogen-bond acceptors (Lipinski definition) is 6. The Labute approximate surface area is 171 Å². The van der Waals surface area contributed by atoms with Crippen molar-refractivity contribution in [3.8, 4) is 0 Å². The number of nitrogens with zero attached hydrogens (tertiary/aromatic N) is 3. The van der Waals surface area contributed by atoms with Crippen molar-refractivity contribution in [2.75, 3.05) is 38.3 Å². The topological polar surface area (TPSA) is 87.6 Å². The predicted octanol–water partition coefficient (Wildman–Crippen LogP) is 1.44. The summed E-state index contributed by atoms with van der Waals surface area (Å²) >= 11 is 0. The minimum atomic E-state index is -0.501. The van der Waals surface area contributed by atoms with E-state index in [1.807, 2.05) is 32.0 Å². The number of aliphatic hydroxyl groups is 1. The van der Waals surface area contributed by atoms with Gasteiger partial charge in [-0.15, -0.1) is 0 Å². The van der Waals surface area contributed by atoms with E-state index in [-0.39, 0.29) is 29.8 Å². The number of hydrogen-bond donors (Lipinski definition) is 2. The molecule has 29 heavy (non-hydrogen) atoms. The molecule has 1 saturated carbocycles. The van der Waals surface area contributed by atoms with Gasteiger partial charge in [0.1, 0.15) is 12.4 Å². The Morgan fingerprint density at radius 3 is 2.83 bits per heavy atom. The quantitative estimate of drug-likeness (QED) is 0.768. The summed E-state index contributed by atoms with van der Waals surface area (Å²) in [5.74, 6) is 1.04. The van der Waals surface area contributed by atoms with Crippen LogP contribution in [0.2, 0.25) is 0 Å². The van der Waals surface area contributed by atoms with Gasteiger partial charge in [0.15, 0.2) is 0 Å². The monoisotopic (exact) mass is 396 g/mol. The van der Waals surface area contributed by atoms with E-state index in [0.717, 1.165) is 17.2 Å². The lowest BCUT2D eigenvalue weighted by atomic mass is 9.95. The van der Waals surface area contributed by atoms with E-state index >= 15 is 0 Å². The highest BCUT2D eigenvalue weighted by Crippen LogP contribution is 2.68. The van der Waals surface area contributed by atoms with Crippen LogP contribution in [0.3, 0.4) is 0 Å². The highest BCUT2D eigenvalue weighted by atomic mass is 16.5. The normalized spacial score (nSPS) is 28.0. The van der Waals surface area contributed by atoms with Gasteiger partial charge in [-0.2, -0.15) is 0 Å². The van der Waals surface area contributed by atoms with Gasteiger partial charge >= 0.3 is 0 Å². The molecule has 0 radical (unpaired) electrons. The Balaban J connectivity index is 1.60. The third-order valence-corrected chi connectivity index (χ3v) is 6.34. The fourth-order valence-corrected chi connectivity index (χ4v) is 4.99. The van der Waals surface area contributed by atoms with Crippen molar-refractivity contribution in [3.05, 3.63) is 53.5 Å². The first-order chi connectivity index (χ1) is 14.0. The Kier molecular flexibility index (Phi) is 5.27. The highest BCUT2D eigenvalue weighted by Gasteiger charge is 2.71. The molecule has 7 nitrogen and oxygen atoms in total. The largest absolute Gasteiger partial charge is 0.391 e. The molecule has 154 valence electrons. The van der Waals surface area contributed by atoms with Gasteiger partial charge in [0.05, 0.1) is 17.5 Å². The average molecular weight is 396 g/mol. The number of anilines is 1. The molecule has 1 aliphatic carbocycles. The summed E-state index contributed by atoms with van der Waals surface area (Å²) in [5, 5.41) is 14.1. The van der Waals surface area contributed by atoms with Gasteiger partial charge < -0.3 is 20.1 Å². The van der Waals surface area contributed by atoms with Crippen LogP contribution in [0.4, 0.5) is 5.82 Å². The molecule has 1 amide bonds. The number of rotatable bonds is 6. The van der Waals surface area contributed by atoms with Gasteiger partial charge in [-0.25, -0.2) is 4.98 Å². The summed E-state index contributed by atoms with van der Waals surface area (Å²) in [6.07, 6.45) is 1.26. The van der Waals surface area contributed by atoms with E-state index < -0.39 is 6.10 Å².